The van der Waals surface area contributed by atoms with Crippen molar-refractivity contribution in [3.63, 3.8) is 0 Å². The largest absolute Gasteiger partial charge is 0.490 e. The van der Waals surface area contributed by atoms with Gasteiger partial charge in [-0.15, -0.1) is 0 Å². The fraction of sp³-hybridized carbons (Fsp3) is 0.172. The molecule has 4 rings (SSSR count). The third kappa shape index (κ3) is 6.56. The maximum atomic E-state index is 13.3. The molecule has 0 atom stereocenters. The normalized spacial score (nSPS) is 14.0. The number of non-ortho nitro benzene ring substituents is 1. The standard InChI is InChI=1S/C29H24ClN3O9/c1-3-40-24-15-18(14-23(30)25(24)42-16-17-5-9-21(10-6-17)33(38)39)13-22-26(34)31-29(37)32(27(22)35)20-11-7-19(8-12-20)28(36)41-4-2/h5-15H,3-4,16H2,1-2H3,(H,31,34,37)/b22-13+. The van der Waals surface area contributed by atoms with Crippen LogP contribution in [-0.4, -0.2) is 42.0 Å². The van der Waals surface area contributed by atoms with Gasteiger partial charge in [0.05, 0.1) is 34.4 Å². The fourth-order valence-electron chi connectivity index (χ4n) is 3.96. The first-order valence-corrected chi connectivity index (χ1v) is 13.0. The van der Waals surface area contributed by atoms with Gasteiger partial charge in [-0.1, -0.05) is 11.6 Å². The second kappa shape index (κ2) is 13.0. The molecule has 1 N–H and O–H groups in total. The molecule has 0 radical (unpaired) electrons. The first-order chi connectivity index (χ1) is 20.1. The Hall–Kier alpha value is -5.23. The molecule has 0 spiro atoms. The van der Waals surface area contributed by atoms with Crippen LogP contribution >= 0.6 is 11.6 Å². The highest BCUT2D eigenvalue weighted by atomic mass is 35.5. The number of barbiturate groups is 1. The Morgan fingerprint density at radius 1 is 1.00 bits per heavy atom. The second-order valence-corrected chi connectivity index (χ2v) is 9.11. The number of anilines is 1. The van der Waals surface area contributed by atoms with Gasteiger partial charge in [0, 0.05) is 12.1 Å². The van der Waals surface area contributed by atoms with Gasteiger partial charge in [0.25, 0.3) is 17.5 Å². The van der Waals surface area contributed by atoms with Crippen molar-refractivity contribution in [2.75, 3.05) is 18.1 Å². The number of benzene rings is 3. The van der Waals surface area contributed by atoms with Crippen LogP contribution in [0.25, 0.3) is 6.08 Å². The number of hydrogen-bond acceptors (Lipinski definition) is 9. The molecule has 13 heteroatoms. The Labute approximate surface area is 244 Å². The molecular formula is C29H24ClN3O9. The number of nitrogens with one attached hydrogen (secondary N) is 1. The lowest BCUT2D eigenvalue weighted by molar-refractivity contribution is -0.384. The van der Waals surface area contributed by atoms with Gasteiger partial charge in [-0.05, 0) is 79.6 Å². The van der Waals surface area contributed by atoms with Crippen LogP contribution in [0.4, 0.5) is 16.2 Å². The van der Waals surface area contributed by atoms with Crippen molar-refractivity contribution in [2.45, 2.75) is 20.5 Å². The maximum absolute atomic E-state index is 13.3. The van der Waals surface area contributed by atoms with Crippen molar-refractivity contribution < 1.29 is 38.3 Å². The molecule has 0 saturated carbocycles. The first-order valence-electron chi connectivity index (χ1n) is 12.6. The van der Waals surface area contributed by atoms with Crippen LogP contribution in [0.15, 0.2) is 66.2 Å². The Morgan fingerprint density at radius 2 is 1.69 bits per heavy atom. The quantitative estimate of drug-likeness (QED) is 0.111. The van der Waals surface area contributed by atoms with E-state index in [1.807, 2.05) is 0 Å². The highest BCUT2D eigenvalue weighted by molar-refractivity contribution is 6.39. The molecular weight excluding hydrogens is 570 g/mol. The van der Waals surface area contributed by atoms with Gasteiger partial charge >= 0.3 is 12.0 Å². The molecule has 1 aliphatic heterocycles. The van der Waals surface area contributed by atoms with E-state index in [0.29, 0.717) is 11.1 Å². The number of carbonyl (C=O) groups is 4. The first kappa shape index (κ1) is 29.7. The Morgan fingerprint density at radius 3 is 2.31 bits per heavy atom. The summed E-state index contributed by atoms with van der Waals surface area (Å²) in [6, 6.07) is 13.4. The molecule has 42 heavy (non-hydrogen) atoms. The number of rotatable bonds is 10. The summed E-state index contributed by atoms with van der Waals surface area (Å²) in [5.74, 6) is -1.93. The molecule has 0 unspecified atom stereocenters. The zero-order valence-corrected chi connectivity index (χ0v) is 23.2. The smallest absolute Gasteiger partial charge is 0.338 e. The minimum Gasteiger partial charge on any atom is -0.490 e. The van der Waals surface area contributed by atoms with Crippen LogP contribution in [0.1, 0.15) is 35.3 Å². The molecule has 3 aromatic carbocycles. The summed E-state index contributed by atoms with van der Waals surface area (Å²) >= 11 is 6.49. The second-order valence-electron chi connectivity index (χ2n) is 8.70. The van der Waals surface area contributed by atoms with Crippen molar-refractivity contribution in [3.05, 3.63) is 98.1 Å². The lowest BCUT2D eigenvalue weighted by Crippen LogP contribution is -2.54. The summed E-state index contributed by atoms with van der Waals surface area (Å²) in [5.41, 5.74) is 0.922. The molecule has 1 saturated heterocycles. The van der Waals surface area contributed by atoms with E-state index in [1.165, 1.54) is 54.6 Å². The topological polar surface area (TPSA) is 154 Å². The van der Waals surface area contributed by atoms with E-state index in [1.54, 1.807) is 26.0 Å². The molecule has 3 aromatic rings. The third-order valence-electron chi connectivity index (χ3n) is 5.91. The van der Waals surface area contributed by atoms with Crippen LogP contribution in [-0.2, 0) is 20.9 Å². The number of nitrogens with zero attached hydrogens (tertiary/aromatic N) is 2. The van der Waals surface area contributed by atoms with Crippen LogP contribution in [0, 0.1) is 10.1 Å². The maximum Gasteiger partial charge on any atom is 0.338 e. The number of nitro groups is 1. The van der Waals surface area contributed by atoms with Gasteiger partial charge in [0.15, 0.2) is 11.5 Å². The molecule has 1 fully saturated rings. The van der Waals surface area contributed by atoms with E-state index in [2.05, 4.69) is 5.32 Å². The van der Waals surface area contributed by atoms with Crippen molar-refractivity contribution in [1.29, 1.82) is 0 Å². The molecule has 0 aromatic heterocycles. The fourth-order valence-corrected chi connectivity index (χ4v) is 4.24. The van der Waals surface area contributed by atoms with Gasteiger partial charge in [-0.25, -0.2) is 14.5 Å². The minimum atomic E-state index is -0.950. The number of nitro benzene ring substituents is 1. The van der Waals surface area contributed by atoms with Crippen molar-refractivity contribution in [3.8, 4) is 11.5 Å². The lowest BCUT2D eigenvalue weighted by atomic mass is 10.1. The number of ether oxygens (including phenoxy) is 3. The minimum absolute atomic E-state index is 0.0329. The lowest BCUT2D eigenvalue weighted by Gasteiger charge is -2.26. The Bertz CT molecular complexity index is 1590. The number of esters is 1. The summed E-state index contributed by atoms with van der Waals surface area (Å²) in [4.78, 5) is 61.6. The van der Waals surface area contributed by atoms with Gasteiger partial charge in [-0.3, -0.25) is 25.0 Å². The number of amides is 4. The van der Waals surface area contributed by atoms with Crippen LogP contribution in [0.5, 0.6) is 11.5 Å². The molecule has 0 aliphatic carbocycles. The average Bonchev–Trinajstić information content (AvgIpc) is 2.95. The molecule has 4 amide bonds. The van der Waals surface area contributed by atoms with Crippen LogP contribution in [0.2, 0.25) is 5.02 Å². The number of imide groups is 2. The number of hydrogen-bond donors (Lipinski definition) is 1. The summed E-state index contributed by atoms with van der Waals surface area (Å²) in [7, 11) is 0. The predicted octanol–water partition coefficient (Wildman–Crippen LogP) is 5.07. The van der Waals surface area contributed by atoms with Crippen LogP contribution < -0.4 is 19.7 Å². The zero-order chi connectivity index (χ0) is 30.4. The van der Waals surface area contributed by atoms with Crippen molar-refractivity contribution in [2.24, 2.45) is 0 Å². The molecule has 1 heterocycles. The zero-order valence-electron chi connectivity index (χ0n) is 22.4. The van der Waals surface area contributed by atoms with Gasteiger partial charge in [0.2, 0.25) is 0 Å². The van der Waals surface area contributed by atoms with E-state index in [0.717, 1.165) is 4.90 Å². The molecule has 1 aliphatic rings. The average molecular weight is 594 g/mol. The predicted molar refractivity (Wildman–Crippen MR) is 151 cm³/mol. The van der Waals surface area contributed by atoms with Crippen LogP contribution in [0.3, 0.4) is 0 Å². The van der Waals surface area contributed by atoms with E-state index < -0.39 is 28.7 Å². The summed E-state index contributed by atoms with van der Waals surface area (Å²) in [6.45, 7) is 3.87. The summed E-state index contributed by atoms with van der Waals surface area (Å²) in [6.07, 6.45) is 1.26. The molecule has 0 bridgehead atoms. The number of urea groups is 1. The third-order valence-corrected chi connectivity index (χ3v) is 6.19. The van der Waals surface area contributed by atoms with Crippen molar-refractivity contribution >= 4 is 52.9 Å². The number of halogens is 1. The van der Waals surface area contributed by atoms with E-state index in [9.17, 15) is 29.3 Å². The summed E-state index contributed by atoms with van der Waals surface area (Å²) < 4.78 is 16.5. The Kier molecular flexibility index (Phi) is 9.18. The highest BCUT2D eigenvalue weighted by Crippen LogP contribution is 2.38. The van der Waals surface area contributed by atoms with E-state index in [-0.39, 0.29) is 58.9 Å². The van der Waals surface area contributed by atoms with Gasteiger partial charge < -0.3 is 14.2 Å². The van der Waals surface area contributed by atoms with Gasteiger partial charge in [-0.2, -0.15) is 0 Å². The van der Waals surface area contributed by atoms with Crippen molar-refractivity contribution in [1.82, 2.24) is 5.32 Å². The van der Waals surface area contributed by atoms with E-state index >= 15 is 0 Å². The monoisotopic (exact) mass is 593 g/mol. The van der Waals surface area contributed by atoms with Gasteiger partial charge in [0.1, 0.15) is 12.2 Å². The Balaban J connectivity index is 1.60. The molecule has 216 valence electrons. The summed E-state index contributed by atoms with van der Waals surface area (Å²) in [5, 5.41) is 13.1. The van der Waals surface area contributed by atoms with E-state index in [4.69, 9.17) is 25.8 Å². The molecule has 12 nitrogen and oxygen atoms in total. The highest BCUT2D eigenvalue weighted by Gasteiger charge is 2.37. The number of carbonyl (C=O) groups excluding carboxylic acids is 4. The SMILES string of the molecule is CCOC(=O)c1ccc(N2C(=O)NC(=O)/C(=C\c3cc(Cl)c(OCc4ccc([N+](=O)[O-])cc4)c(OCC)c3)C2=O)cc1.